The van der Waals surface area contributed by atoms with Gasteiger partial charge in [-0.3, -0.25) is 4.68 Å². The van der Waals surface area contributed by atoms with E-state index in [0.717, 1.165) is 16.7 Å². The first-order valence-electron chi connectivity index (χ1n) is 5.80. The van der Waals surface area contributed by atoms with Gasteiger partial charge >= 0.3 is 0 Å². The van der Waals surface area contributed by atoms with Gasteiger partial charge < -0.3 is 10.5 Å². The van der Waals surface area contributed by atoms with Crippen LogP contribution in [0.25, 0.3) is 11.3 Å². The van der Waals surface area contributed by atoms with E-state index in [2.05, 4.69) is 11.2 Å². The molecule has 0 atom stereocenters. The van der Waals surface area contributed by atoms with Crippen LogP contribution < -0.4 is 0 Å². The fraction of sp³-hybridized carbons (Fsp3) is 0.286. The molecule has 0 aliphatic carbocycles. The number of aromatic nitrogens is 2. The second-order valence-electron chi connectivity index (χ2n) is 4.67. The average Bonchev–Trinajstić information content (AvgIpc) is 2.52. The Kier molecular flexibility index (Phi) is 2.95. The Bertz CT molecular complexity index is 606. The van der Waals surface area contributed by atoms with Crippen molar-refractivity contribution in [2.45, 2.75) is 20.8 Å². The van der Waals surface area contributed by atoms with Gasteiger partial charge in [0, 0.05) is 12.6 Å². The molecule has 0 aliphatic rings. The highest BCUT2D eigenvalue weighted by atomic mass is 16.3. The zero-order valence-corrected chi connectivity index (χ0v) is 11.1. The molecule has 0 bridgehead atoms. The van der Waals surface area contributed by atoms with Crippen LogP contribution in [0.5, 0.6) is 5.75 Å². The average molecular weight is 243 g/mol. The topological polar surface area (TPSA) is 61.9 Å². The third-order valence-electron chi connectivity index (χ3n) is 2.87. The van der Waals surface area contributed by atoms with Crippen molar-refractivity contribution in [2.24, 2.45) is 7.05 Å². The van der Waals surface area contributed by atoms with Gasteiger partial charge in [0.05, 0.1) is 5.71 Å². The first-order valence-corrected chi connectivity index (χ1v) is 5.80. The summed E-state index contributed by atoms with van der Waals surface area (Å²) in [6.07, 6.45) is 0. The summed E-state index contributed by atoms with van der Waals surface area (Å²) in [4.78, 5) is 0. The van der Waals surface area contributed by atoms with Crippen molar-refractivity contribution in [3.05, 3.63) is 35.0 Å². The number of hydrogen-bond acceptors (Lipinski definition) is 3. The Balaban J connectivity index is 2.67. The second kappa shape index (κ2) is 4.29. The minimum Gasteiger partial charge on any atom is -0.504 e. The fourth-order valence-electron chi connectivity index (χ4n) is 2.20. The van der Waals surface area contributed by atoms with Gasteiger partial charge in [-0.05, 0) is 32.9 Å². The molecule has 2 N–H and O–H groups in total. The smallest absolute Gasteiger partial charge is 0.171 e. The third-order valence-corrected chi connectivity index (χ3v) is 2.87. The standard InChI is InChI=1S/C14H17N3O/c1-8-5-9(2)7-11(6-8)13-14(18)12(10(3)15)16-17(13)4/h5-7,15,18H,1-4H3. The first-order chi connectivity index (χ1) is 8.40. The van der Waals surface area contributed by atoms with Gasteiger partial charge in [0.15, 0.2) is 5.75 Å². The van der Waals surface area contributed by atoms with Crippen molar-refractivity contribution >= 4 is 5.71 Å². The van der Waals surface area contributed by atoms with E-state index in [4.69, 9.17) is 5.41 Å². The van der Waals surface area contributed by atoms with Crippen LogP contribution in [0.1, 0.15) is 23.7 Å². The molecule has 1 aromatic heterocycles. The van der Waals surface area contributed by atoms with Crippen LogP contribution in [-0.2, 0) is 7.05 Å². The summed E-state index contributed by atoms with van der Waals surface area (Å²) < 4.78 is 1.62. The van der Waals surface area contributed by atoms with E-state index in [0.29, 0.717) is 11.4 Å². The van der Waals surface area contributed by atoms with E-state index in [1.165, 1.54) is 0 Å². The van der Waals surface area contributed by atoms with Gasteiger partial charge in [-0.25, -0.2) is 0 Å². The lowest BCUT2D eigenvalue weighted by Gasteiger charge is -2.06. The highest BCUT2D eigenvalue weighted by Gasteiger charge is 2.18. The summed E-state index contributed by atoms with van der Waals surface area (Å²) in [6, 6.07) is 6.10. The van der Waals surface area contributed by atoms with Crippen molar-refractivity contribution in [3.8, 4) is 17.0 Å². The molecule has 2 aromatic rings. The minimum absolute atomic E-state index is 0.0787. The normalized spacial score (nSPS) is 10.7. The molecule has 4 nitrogen and oxygen atoms in total. The number of hydrogen-bond donors (Lipinski definition) is 2. The molecule has 0 unspecified atom stereocenters. The van der Waals surface area contributed by atoms with Gasteiger partial charge in [-0.1, -0.05) is 17.2 Å². The lowest BCUT2D eigenvalue weighted by atomic mass is 10.0. The summed E-state index contributed by atoms with van der Waals surface area (Å²) in [6.45, 7) is 5.66. The van der Waals surface area contributed by atoms with Crippen LogP contribution in [0.3, 0.4) is 0 Å². The molecule has 94 valence electrons. The molecular weight excluding hydrogens is 226 g/mol. The zero-order valence-electron chi connectivity index (χ0n) is 11.1. The van der Waals surface area contributed by atoms with Gasteiger partial charge in [-0.15, -0.1) is 0 Å². The lowest BCUT2D eigenvalue weighted by molar-refractivity contribution is 0.475. The van der Waals surface area contributed by atoms with Crippen molar-refractivity contribution < 1.29 is 5.11 Å². The Morgan fingerprint density at radius 1 is 1.22 bits per heavy atom. The molecule has 0 radical (unpaired) electrons. The second-order valence-corrected chi connectivity index (χ2v) is 4.67. The van der Waals surface area contributed by atoms with Gasteiger partial charge in [0.25, 0.3) is 0 Å². The fourth-order valence-corrected chi connectivity index (χ4v) is 2.20. The summed E-state index contributed by atoms with van der Waals surface area (Å²) in [5, 5.41) is 22.0. The number of rotatable bonds is 2. The lowest BCUT2D eigenvalue weighted by Crippen LogP contribution is -1.97. The highest BCUT2D eigenvalue weighted by molar-refractivity contribution is 5.98. The Morgan fingerprint density at radius 2 is 1.78 bits per heavy atom. The highest BCUT2D eigenvalue weighted by Crippen LogP contribution is 2.32. The number of benzene rings is 1. The Labute approximate surface area is 106 Å². The number of nitrogens with one attached hydrogen (secondary N) is 1. The van der Waals surface area contributed by atoms with Crippen molar-refractivity contribution in [1.82, 2.24) is 9.78 Å². The van der Waals surface area contributed by atoms with E-state index in [1.807, 2.05) is 26.0 Å². The molecule has 0 aliphatic heterocycles. The zero-order chi connectivity index (χ0) is 13.4. The largest absolute Gasteiger partial charge is 0.504 e. The Hall–Kier alpha value is -2.10. The molecule has 0 amide bonds. The molecule has 0 spiro atoms. The SMILES string of the molecule is CC(=N)c1nn(C)c(-c2cc(C)cc(C)c2)c1O. The molecular formula is C14H17N3O. The number of nitrogens with zero attached hydrogens (tertiary/aromatic N) is 2. The van der Waals surface area contributed by atoms with Gasteiger partial charge in [0.2, 0.25) is 0 Å². The van der Waals surface area contributed by atoms with Crippen LogP contribution in [0.15, 0.2) is 18.2 Å². The first kappa shape index (κ1) is 12.4. The van der Waals surface area contributed by atoms with Crippen LogP contribution in [-0.4, -0.2) is 20.6 Å². The van der Waals surface area contributed by atoms with E-state index in [-0.39, 0.29) is 11.5 Å². The predicted molar refractivity (Wildman–Crippen MR) is 72.3 cm³/mol. The molecule has 0 saturated heterocycles. The summed E-state index contributed by atoms with van der Waals surface area (Å²) >= 11 is 0. The summed E-state index contributed by atoms with van der Waals surface area (Å²) in [7, 11) is 1.78. The molecule has 1 heterocycles. The molecule has 4 heteroatoms. The van der Waals surface area contributed by atoms with E-state index >= 15 is 0 Å². The van der Waals surface area contributed by atoms with Crippen molar-refractivity contribution in [2.75, 3.05) is 0 Å². The maximum atomic E-state index is 10.2. The van der Waals surface area contributed by atoms with Crippen LogP contribution >= 0.6 is 0 Å². The molecule has 18 heavy (non-hydrogen) atoms. The predicted octanol–water partition coefficient (Wildman–Crippen LogP) is 2.80. The van der Waals surface area contributed by atoms with E-state index < -0.39 is 0 Å². The number of aryl methyl sites for hydroxylation is 3. The maximum Gasteiger partial charge on any atom is 0.171 e. The van der Waals surface area contributed by atoms with E-state index in [1.54, 1.807) is 18.7 Å². The van der Waals surface area contributed by atoms with Crippen LogP contribution in [0, 0.1) is 19.3 Å². The van der Waals surface area contributed by atoms with Crippen LogP contribution in [0.2, 0.25) is 0 Å². The van der Waals surface area contributed by atoms with Crippen molar-refractivity contribution in [1.29, 1.82) is 5.41 Å². The molecule has 0 saturated carbocycles. The monoisotopic (exact) mass is 243 g/mol. The van der Waals surface area contributed by atoms with Gasteiger partial charge in [-0.2, -0.15) is 5.10 Å². The Morgan fingerprint density at radius 3 is 2.22 bits per heavy atom. The van der Waals surface area contributed by atoms with Crippen LogP contribution in [0.4, 0.5) is 0 Å². The third kappa shape index (κ3) is 2.01. The molecule has 1 aromatic carbocycles. The minimum atomic E-state index is 0.0787. The van der Waals surface area contributed by atoms with E-state index in [9.17, 15) is 5.11 Å². The van der Waals surface area contributed by atoms with Crippen molar-refractivity contribution in [3.63, 3.8) is 0 Å². The summed E-state index contributed by atoms with van der Waals surface area (Å²) in [5.74, 6) is 0.0787. The molecule has 0 fully saturated rings. The number of aromatic hydroxyl groups is 1. The molecule has 2 rings (SSSR count). The maximum absolute atomic E-state index is 10.2. The van der Waals surface area contributed by atoms with Gasteiger partial charge in [0.1, 0.15) is 11.4 Å². The summed E-state index contributed by atoms with van der Waals surface area (Å²) in [5.41, 5.74) is 4.46. The quantitative estimate of drug-likeness (QED) is 0.797.